The van der Waals surface area contributed by atoms with Gasteiger partial charge in [0.25, 0.3) is 0 Å². The summed E-state index contributed by atoms with van der Waals surface area (Å²) in [6.07, 6.45) is 1.85. The van der Waals surface area contributed by atoms with Crippen LogP contribution in [0.4, 0.5) is 0 Å². The van der Waals surface area contributed by atoms with E-state index in [4.69, 9.17) is 16.3 Å². The zero-order valence-electron chi connectivity index (χ0n) is 14.1. The first kappa shape index (κ1) is 19.7. The Hall–Kier alpha value is -2.06. The molecule has 0 saturated carbocycles. The molecule has 0 fully saturated rings. The first-order valence-corrected chi connectivity index (χ1v) is 10.1. The second kappa shape index (κ2) is 9.23. The lowest BCUT2D eigenvalue weighted by atomic mass is 10.0. The third-order valence-electron chi connectivity index (χ3n) is 3.88. The number of hydrogen-bond acceptors (Lipinski definition) is 2. The van der Waals surface area contributed by atoms with E-state index in [1.807, 2.05) is 60.7 Å². The van der Waals surface area contributed by atoms with Gasteiger partial charge in [-0.1, -0.05) is 73.8 Å². The molecular weight excluding hydrogens is 490 g/mol. The van der Waals surface area contributed by atoms with Gasteiger partial charge >= 0.3 is 0 Å². The molecular formula is C22H14Br2ClNO. The van der Waals surface area contributed by atoms with Crippen LogP contribution in [0, 0.1) is 11.3 Å². The standard InChI is InChI=1S/C22H14Br2ClNO/c23-19-6-3-17(22(24)12-19)14-27-21-9-1-15(2-10-21)11-18(13-26)16-4-7-20(25)8-5-16/h1-12H,14H2/b18-11-. The number of benzene rings is 3. The summed E-state index contributed by atoms with van der Waals surface area (Å²) in [5.41, 5.74) is 3.41. The van der Waals surface area contributed by atoms with Crippen LogP contribution >= 0.6 is 43.5 Å². The van der Waals surface area contributed by atoms with E-state index in [-0.39, 0.29) is 0 Å². The van der Waals surface area contributed by atoms with Crippen molar-refractivity contribution in [1.82, 2.24) is 0 Å². The predicted molar refractivity (Wildman–Crippen MR) is 118 cm³/mol. The highest BCUT2D eigenvalue weighted by molar-refractivity contribution is 9.11. The van der Waals surface area contributed by atoms with Gasteiger partial charge < -0.3 is 4.74 Å². The van der Waals surface area contributed by atoms with Crippen LogP contribution in [-0.2, 0) is 6.61 Å². The summed E-state index contributed by atoms with van der Waals surface area (Å²) in [4.78, 5) is 0. The highest BCUT2D eigenvalue weighted by Gasteiger charge is 2.04. The molecule has 3 aromatic rings. The van der Waals surface area contributed by atoms with Gasteiger partial charge in [-0.15, -0.1) is 0 Å². The number of rotatable bonds is 5. The fourth-order valence-electron chi connectivity index (χ4n) is 2.44. The Morgan fingerprint density at radius 2 is 1.70 bits per heavy atom. The number of nitriles is 1. The molecule has 0 aliphatic rings. The van der Waals surface area contributed by atoms with E-state index in [9.17, 15) is 5.26 Å². The fraction of sp³-hybridized carbons (Fsp3) is 0.0455. The summed E-state index contributed by atoms with van der Waals surface area (Å²) in [6.45, 7) is 0.470. The molecule has 0 heterocycles. The van der Waals surface area contributed by atoms with E-state index in [2.05, 4.69) is 37.9 Å². The molecule has 2 nitrogen and oxygen atoms in total. The molecule has 5 heteroatoms. The molecule has 134 valence electrons. The molecule has 0 bridgehead atoms. The van der Waals surface area contributed by atoms with Crippen molar-refractivity contribution in [3.63, 3.8) is 0 Å². The van der Waals surface area contributed by atoms with Crippen LogP contribution in [0.3, 0.4) is 0 Å². The minimum Gasteiger partial charge on any atom is -0.489 e. The summed E-state index contributed by atoms with van der Waals surface area (Å²) < 4.78 is 7.87. The summed E-state index contributed by atoms with van der Waals surface area (Å²) >= 11 is 12.9. The Labute approximate surface area is 180 Å². The maximum absolute atomic E-state index is 9.44. The van der Waals surface area contributed by atoms with Crippen molar-refractivity contribution in [2.24, 2.45) is 0 Å². The third kappa shape index (κ3) is 5.46. The molecule has 0 saturated heterocycles. The van der Waals surface area contributed by atoms with Gasteiger partial charge in [0.05, 0.1) is 11.6 Å². The Balaban J connectivity index is 1.71. The monoisotopic (exact) mass is 501 g/mol. The van der Waals surface area contributed by atoms with Crippen LogP contribution in [0.5, 0.6) is 5.75 Å². The lowest BCUT2D eigenvalue weighted by Crippen LogP contribution is -1.96. The molecule has 0 radical (unpaired) electrons. The highest BCUT2D eigenvalue weighted by atomic mass is 79.9. The number of halogens is 3. The molecule has 0 atom stereocenters. The predicted octanol–water partition coefficient (Wildman–Crippen LogP) is 7.51. The largest absolute Gasteiger partial charge is 0.489 e. The van der Waals surface area contributed by atoms with Gasteiger partial charge in [0.2, 0.25) is 0 Å². The number of hydrogen-bond donors (Lipinski definition) is 0. The maximum atomic E-state index is 9.44. The number of nitrogens with zero attached hydrogens (tertiary/aromatic N) is 1. The SMILES string of the molecule is N#C/C(=C/c1ccc(OCc2ccc(Br)cc2Br)cc1)c1ccc(Cl)cc1. The number of allylic oxidation sites excluding steroid dienone is 1. The van der Waals surface area contributed by atoms with Crippen LogP contribution in [0.1, 0.15) is 16.7 Å². The van der Waals surface area contributed by atoms with Crippen LogP contribution in [-0.4, -0.2) is 0 Å². The summed E-state index contributed by atoms with van der Waals surface area (Å²) in [5, 5.41) is 10.1. The zero-order valence-corrected chi connectivity index (χ0v) is 18.1. The van der Waals surface area contributed by atoms with Gasteiger partial charge in [-0.2, -0.15) is 5.26 Å². The van der Waals surface area contributed by atoms with E-state index in [1.54, 1.807) is 12.1 Å². The Morgan fingerprint density at radius 1 is 1.00 bits per heavy atom. The van der Waals surface area contributed by atoms with Crippen molar-refractivity contribution < 1.29 is 4.74 Å². The van der Waals surface area contributed by atoms with Crippen LogP contribution < -0.4 is 4.74 Å². The van der Waals surface area contributed by atoms with Gasteiger partial charge in [-0.3, -0.25) is 0 Å². The summed E-state index contributed by atoms with van der Waals surface area (Å²) in [6, 6.07) is 23.1. The molecule has 0 unspecified atom stereocenters. The van der Waals surface area contributed by atoms with Crippen LogP contribution in [0.2, 0.25) is 5.02 Å². The van der Waals surface area contributed by atoms with Crippen molar-refractivity contribution in [3.8, 4) is 11.8 Å². The average molecular weight is 504 g/mol. The lowest BCUT2D eigenvalue weighted by molar-refractivity contribution is 0.305. The summed E-state index contributed by atoms with van der Waals surface area (Å²) in [5.74, 6) is 0.770. The molecule has 3 aromatic carbocycles. The summed E-state index contributed by atoms with van der Waals surface area (Å²) in [7, 11) is 0. The van der Waals surface area contributed by atoms with E-state index in [0.717, 1.165) is 31.4 Å². The highest BCUT2D eigenvalue weighted by Crippen LogP contribution is 2.25. The Bertz CT molecular complexity index is 1010. The van der Waals surface area contributed by atoms with Crippen molar-refractivity contribution in [2.45, 2.75) is 6.61 Å². The second-order valence-corrected chi connectivity index (χ2v) is 7.98. The van der Waals surface area contributed by atoms with Gasteiger partial charge in [0, 0.05) is 19.5 Å². The van der Waals surface area contributed by atoms with Crippen molar-refractivity contribution in [2.75, 3.05) is 0 Å². The maximum Gasteiger partial charge on any atom is 0.119 e. The van der Waals surface area contributed by atoms with Gasteiger partial charge in [0.15, 0.2) is 0 Å². The minimum absolute atomic E-state index is 0.470. The topological polar surface area (TPSA) is 33.0 Å². The van der Waals surface area contributed by atoms with Crippen LogP contribution in [0.25, 0.3) is 11.6 Å². The molecule has 0 N–H and O–H groups in total. The first-order chi connectivity index (χ1) is 13.0. The molecule has 0 aliphatic carbocycles. The molecule has 27 heavy (non-hydrogen) atoms. The minimum atomic E-state index is 0.470. The fourth-order valence-corrected chi connectivity index (χ4v) is 3.72. The zero-order chi connectivity index (χ0) is 19.2. The molecule has 3 rings (SSSR count). The van der Waals surface area contributed by atoms with E-state index in [1.165, 1.54) is 0 Å². The van der Waals surface area contributed by atoms with E-state index in [0.29, 0.717) is 17.2 Å². The van der Waals surface area contributed by atoms with Crippen molar-refractivity contribution >= 4 is 55.1 Å². The van der Waals surface area contributed by atoms with Crippen molar-refractivity contribution in [1.29, 1.82) is 5.26 Å². The third-order valence-corrected chi connectivity index (χ3v) is 5.36. The normalized spacial score (nSPS) is 11.1. The molecule has 0 aromatic heterocycles. The molecule has 0 aliphatic heterocycles. The molecule has 0 spiro atoms. The Kier molecular flexibility index (Phi) is 6.73. The van der Waals surface area contributed by atoms with E-state index >= 15 is 0 Å². The quantitative estimate of drug-likeness (QED) is 0.267. The Morgan fingerprint density at radius 3 is 2.33 bits per heavy atom. The van der Waals surface area contributed by atoms with Gasteiger partial charge in [0.1, 0.15) is 12.4 Å². The second-order valence-electron chi connectivity index (χ2n) is 5.77. The molecule has 0 amide bonds. The average Bonchev–Trinajstić information content (AvgIpc) is 2.67. The van der Waals surface area contributed by atoms with E-state index < -0.39 is 0 Å². The van der Waals surface area contributed by atoms with Gasteiger partial charge in [-0.25, -0.2) is 0 Å². The van der Waals surface area contributed by atoms with Crippen LogP contribution in [0.15, 0.2) is 75.7 Å². The van der Waals surface area contributed by atoms with Gasteiger partial charge in [-0.05, 0) is 53.6 Å². The number of ether oxygens (including phenoxy) is 1. The lowest BCUT2D eigenvalue weighted by Gasteiger charge is -2.09. The first-order valence-electron chi connectivity index (χ1n) is 8.10. The van der Waals surface area contributed by atoms with Crippen molar-refractivity contribution in [3.05, 3.63) is 97.4 Å². The smallest absolute Gasteiger partial charge is 0.119 e.